The number of hydrogen-bond donors (Lipinski definition) is 0. The summed E-state index contributed by atoms with van der Waals surface area (Å²) < 4.78 is 11.5. The second-order valence-electron chi connectivity index (χ2n) is 7.66. The topological polar surface area (TPSA) is 82.1 Å². The molecule has 0 spiro atoms. The molecule has 26 heavy (non-hydrogen) atoms. The van der Waals surface area contributed by atoms with Crippen LogP contribution in [0.1, 0.15) is 72.6 Å². The van der Waals surface area contributed by atoms with Crippen LogP contribution in [0.25, 0.3) is 0 Å². The Bertz CT molecular complexity index is 459. The molecule has 0 unspecified atom stereocenters. The molecule has 1 aliphatic heterocycles. The molecule has 1 saturated heterocycles. The summed E-state index contributed by atoms with van der Waals surface area (Å²) in [5.41, 5.74) is -0.201. The fourth-order valence-corrected chi connectivity index (χ4v) is 2.34. The molecular formula is C19H33NO6. The summed E-state index contributed by atoms with van der Waals surface area (Å²) in [5, 5.41) is 0.584. The van der Waals surface area contributed by atoms with Crippen molar-refractivity contribution in [3.8, 4) is 0 Å². The van der Waals surface area contributed by atoms with E-state index in [1.165, 1.54) is 0 Å². The van der Waals surface area contributed by atoms with E-state index in [-0.39, 0.29) is 24.9 Å². The number of carbonyl (C=O) groups is 3. The number of unbranched alkanes of at least 4 members (excludes halogenated alkanes) is 1. The number of rotatable bonds is 13. The Kier molecular flexibility index (Phi) is 9.80. The average molecular weight is 371 g/mol. The normalized spacial score (nSPS) is 15.2. The largest absolute Gasteiger partial charge is 0.381 e. The lowest BCUT2D eigenvalue weighted by molar-refractivity contribution is -0.197. The number of carbonyl (C=O) groups excluding carboxylic acids is 3. The summed E-state index contributed by atoms with van der Waals surface area (Å²) in [6.45, 7) is 10.4. The first kappa shape index (κ1) is 22.6. The maximum absolute atomic E-state index is 11.6. The third-order valence-electron chi connectivity index (χ3n) is 4.15. The quantitative estimate of drug-likeness (QED) is 0.366. The molecule has 1 aliphatic rings. The van der Waals surface area contributed by atoms with Crippen LogP contribution in [-0.4, -0.2) is 48.3 Å². The molecule has 2 amide bonds. The molecule has 7 nitrogen and oxygen atoms in total. The molecule has 0 bridgehead atoms. The van der Waals surface area contributed by atoms with E-state index in [1.807, 2.05) is 0 Å². The highest BCUT2D eigenvalue weighted by Gasteiger charge is 2.32. The van der Waals surface area contributed by atoms with Crippen LogP contribution < -0.4 is 0 Å². The second-order valence-corrected chi connectivity index (χ2v) is 7.66. The van der Waals surface area contributed by atoms with Gasteiger partial charge in [0.15, 0.2) is 0 Å². The molecule has 1 heterocycles. The van der Waals surface area contributed by atoms with E-state index in [1.54, 1.807) is 0 Å². The van der Waals surface area contributed by atoms with Crippen molar-refractivity contribution in [1.82, 2.24) is 5.06 Å². The second kappa shape index (κ2) is 11.3. The van der Waals surface area contributed by atoms with Gasteiger partial charge in [0.1, 0.15) is 0 Å². The van der Waals surface area contributed by atoms with Crippen LogP contribution in [0.3, 0.4) is 0 Å². The third-order valence-corrected chi connectivity index (χ3v) is 4.15. The smallest absolute Gasteiger partial charge is 0.333 e. The van der Waals surface area contributed by atoms with Gasteiger partial charge in [0, 0.05) is 39.1 Å². The van der Waals surface area contributed by atoms with E-state index in [4.69, 9.17) is 14.3 Å². The molecule has 0 aliphatic carbocycles. The fraction of sp³-hybridized carbons (Fsp3) is 0.842. The highest BCUT2D eigenvalue weighted by Crippen LogP contribution is 2.16. The summed E-state index contributed by atoms with van der Waals surface area (Å²) in [4.78, 5) is 39.1. The zero-order valence-electron chi connectivity index (χ0n) is 16.5. The van der Waals surface area contributed by atoms with Crippen molar-refractivity contribution >= 4 is 17.8 Å². The van der Waals surface area contributed by atoms with Gasteiger partial charge in [0.2, 0.25) is 0 Å². The number of amides is 2. The molecule has 1 rings (SSSR count). The average Bonchev–Trinajstić information content (AvgIpc) is 2.85. The van der Waals surface area contributed by atoms with Crippen molar-refractivity contribution in [2.75, 3.05) is 19.8 Å². The number of hydrogen-bond acceptors (Lipinski definition) is 6. The summed E-state index contributed by atoms with van der Waals surface area (Å²) in [5.74, 6) is -0.835. The van der Waals surface area contributed by atoms with Crippen LogP contribution in [0.2, 0.25) is 0 Å². The van der Waals surface area contributed by atoms with Crippen LogP contribution >= 0.6 is 0 Å². The van der Waals surface area contributed by atoms with Crippen molar-refractivity contribution in [2.45, 2.75) is 78.2 Å². The van der Waals surface area contributed by atoms with Gasteiger partial charge in [-0.15, -0.1) is 5.06 Å². The fourth-order valence-electron chi connectivity index (χ4n) is 2.34. The summed E-state index contributed by atoms with van der Waals surface area (Å²) in [6, 6.07) is 0. The summed E-state index contributed by atoms with van der Waals surface area (Å²) in [7, 11) is 0. The summed E-state index contributed by atoms with van der Waals surface area (Å²) >= 11 is 0. The zero-order chi connectivity index (χ0) is 19.6. The lowest BCUT2D eigenvalue weighted by atomic mass is 10.1. The van der Waals surface area contributed by atoms with E-state index in [2.05, 4.69) is 27.7 Å². The Balaban J connectivity index is 2.02. The minimum atomic E-state index is -0.562. The molecule has 0 aromatic carbocycles. The maximum Gasteiger partial charge on any atom is 0.333 e. The number of nitrogens with zero attached hydrogens (tertiary/aromatic N) is 1. The predicted octanol–water partition coefficient (Wildman–Crippen LogP) is 3.01. The lowest BCUT2D eigenvalue weighted by Crippen LogP contribution is -2.31. The van der Waals surface area contributed by atoms with Crippen LogP contribution in [0.5, 0.6) is 0 Å². The third kappa shape index (κ3) is 9.29. The molecular weight excluding hydrogens is 338 g/mol. The molecule has 0 saturated carbocycles. The first-order valence-corrected chi connectivity index (χ1v) is 9.49. The van der Waals surface area contributed by atoms with Crippen LogP contribution in [-0.2, 0) is 28.7 Å². The standard InChI is InChI=1S/C19H33NO6/c1-15(2)10-13-25-19(3,4)11-14-24-12-6-5-7-18(23)26-20-16(21)8-9-17(20)22/h15H,5-14H2,1-4H3. The van der Waals surface area contributed by atoms with Crippen LogP contribution in [0.4, 0.5) is 0 Å². The highest BCUT2D eigenvalue weighted by atomic mass is 16.7. The Labute approximate surface area is 156 Å². The van der Waals surface area contributed by atoms with Crippen LogP contribution in [0, 0.1) is 5.92 Å². The van der Waals surface area contributed by atoms with Crippen molar-refractivity contribution in [3.63, 3.8) is 0 Å². The maximum atomic E-state index is 11.6. The van der Waals surface area contributed by atoms with Gasteiger partial charge in [0.05, 0.1) is 5.60 Å². The number of imide groups is 1. The number of ether oxygens (including phenoxy) is 2. The molecule has 150 valence electrons. The highest BCUT2D eigenvalue weighted by molar-refractivity contribution is 6.01. The first-order chi connectivity index (χ1) is 12.2. The van der Waals surface area contributed by atoms with Crippen molar-refractivity contribution in [3.05, 3.63) is 0 Å². The van der Waals surface area contributed by atoms with Gasteiger partial charge in [-0.3, -0.25) is 9.59 Å². The van der Waals surface area contributed by atoms with Crippen molar-refractivity contribution < 1.29 is 28.7 Å². The Morgan fingerprint density at radius 1 is 1.08 bits per heavy atom. The Hall–Kier alpha value is -1.47. The van der Waals surface area contributed by atoms with E-state index in [9.17, 15) is 14.4 Å². The van der Waals surface area contributed by atoms with Gasteiger partial charge < -0.3 is 14.3 Å². The van der Waals surface area contributed by atoms with Gasteiger partial charge in [-0.1, -0.05) is 13.8 Å². The van der Waals surface area contributed by atoms with Gasteiger partial charge in [-0.05, 0) is 45.4 Å². The first-order valence-electron chi connectivity index (χ1n) is 9.49. The molecule has 0 aromatic heterocycles. The molecule has 0 N–H and O–H groups in total. The molecule has 0 aromatic rings. The predicted molar refractivity (Wildman–Crippen MR) is 96.0 cm³/mol. The zero-order valence-corrected chi connectivity index (χ0v) is 16.5. The minimum absolute atomic E-state index is 0.109. The monoisotopic (exact) mass is 371 g/mol. The summed E-state index contributed by atoms with van der Waals surface area (Å²) in [6.07, 6.45) is 3.54. The molecule has 1 fully saturated rings. The SMILES string of the molecule is CC(C)CCOC(C)(C)CCOCCCCC(=O)ON1C(=O)CCC1=O. The van der Waals surface area contributed by atoms with E-state index in [0.717, 1.165) is 19.4 Å². The number of hydroxylamine groups is 2. The van der Waals surface area contributed by atoms with Gasteiger partial charge in [-0.2, -0.15) is 0 Å². The Morgan fingerprint density at radius 2 is 1.73 bits per heavy atom. The van der Waals surface area contributed by atoms with Gasteiger partial charge in [0.25, 0.3) is 11.8 Å². The molecule has 0 atom stereocenters. The lowest BCUT2D eigenvalue weighted by Gasteiger charge is -2.25. The molecule has 0 radical (unpaired) electrons. The van der Waals surface area contributed by atoms with E-state index >= 15 is 0 Å². The van der Waals surface area contributed by atoms with E-state index < -0.39 is 17.8 Å². The Morgan fingerprint density at radius 3 is 2.35 bits per heavy atom. The van der Waals surface area contributed by atoms with Crippen LogP contribution in [0.15, 0.2) is 0 Å². The minimum Gasteiger partial charge on any atom is -0.381 e. The van der Waals surface area contributed by atoms with Gasteiger partial charge >= 0.3 is 5.97 Å². The van der Waals surface area contributed by atoms with Crippen molar-refractivity contribution in [1.29, 1.82) is 0 Å². The van der Waals surface area contributed by atoms with Gasteiger partial charge in [-0.25, -0.2) is 4.79 Å². The van der Waals surface area contributed by atoms with E-state index in [0.29, 0.717) is 37.0 Å². The molecule has 7 heteroatoms. The van der Waals surface area contributed by atoms with Crippen molar-refractivity contribution in [2.24, 2.45) is 5.92 Å².